The summed E-state index contributed by atoms with van der Waals surface area (Å²) in [6.45, 7) is 0.818. The van der Waals surface area contributed by atoms with E-state index in [4.69, 9.17) is 10.5 Å². The highest BCUT2D eigenvalue weighted by atomic mass is 19.4. The molecule has 152 valence electrons. The molecule has 0 spiro atoms. The highest BCUT2D eigenvalue weighted by molar-refractivity contribution is 5.91. The second kappa shape index (κ2) is 8.69. The van der Waals surface area contributed by atoms with Crippen molar-refractivity contribution < 1.29 is 22.7 Å². The third-order valence-electron chi connectivity index (χ3n) is 3.79. The maximum Gasteiger partial charge on any atom is 0.416 e. The fraction of sp³-hybridized carbons (Fsp3) is 0.222. The van der Waals surface area contributed by atoms with Gasteiger partial charge in [0.2, 0.25) is 5.88 Å². The van der Waals surface area contributed by atoms with Crippen LogP contribution in [0.4, 0.5) is 13.2 Å². The summed E-state index contributed by atoms with van der Waals surface area (Å²) in [6, 6.07) is 7.73. The molecule has 0 radical (unpaired) electrons. The van der Waals surface area contributed by atoms with Crippen LogP contribution in [-0.2, 0) is 19.3 Å². The highest BCUT2D eigenvalue weighted by Crippen LogP contribution is 2.32. The van der Waals surface area contributed by atoms with Crippen molar-refractivity contribution in [1.82, 2.24) is 25.3 Å². The Hall–Kier alpha value is -3.47. The Morgan fingerprint density at radius 1 is 1.24 bits per heavy atom. The topological polar surface area (TPSA) is 108 Å². The number of alkyl halides is 3. The van der Waals surface area contributed by atoms with E-state index in [9.17, 15) is 18.0 Å². The molecule has 3 N–H and O–H groups in total. The number of carbonyl (C=O) groups is 1. The molecule has 2 heterocycles. The molecule has 1 aromatic carbocycles. The zero-order valence-electron chi connectivity index (χ0n) is 15.1. The van der Waals surface area contributed by atoms with Gasteiger partial charge in [-0.05, 0) is 24.3 Å². The highest BCUT2D eigenvalue weighted by Gasteiger charge is 2.30. The van der Waals surface area contributed by atoms with Gasteiger partial charge >= 0.3 is 6.18 Å². The van der Waals surface area contributed by atoms with Gasteiger partial charge in [0.05, 0.1) is 18.3 Å². The number of nitrogens with one attached hydrogen (secondary N) is 1. The molecule has 0 atom stereocenters. The van der Waals surface area contributed by atoms with Gasteiger partial charge in [0.15, 0.2) is 5.69 Å². The number of nitrogens with zero attached hydrogens (tertiary/aromatic N) is 4. The van der Waals surface area contributed by atoms with Gasteiger partial charge in [-0.3, -0.25) is 9.48 Å². The van der Waals surface area contributed by atoms with E-state index < -0.39 is 17.6 Å². The number of halogens is 3. The van der Waals surface area contributed by atoms with E-state index >= 15 is 0 Å². The lowest BCUT2D eigenvalue weighted by Gasteiger charge is -2.12. The van der Waals surface area contributed by atoms with Crippen LogP contribution in [0.2, 0.25) is 0 Å². The Balaban J connectivity index is 1.70. The maximum atomic E-state index is 12.9. The molecule has 1 amide bonds. The fourth-order valence-corrected chi connectivity index (χ4v) is 2.41. The maximum absolute atomic E-state index is 12.9. The predicted molar refractivity (Wildman–Crippen MR) is 96.0 cm³/mol. The Labute approximate surface area is 163 Å². The minimum atomic E-state index is -4.48. The summed E-state index contributed by atoms with van der Waals surface area (Å²) in [5.74, 6) is -0.406. The van der Waals surface area contributed by atoms with Gasteiger partial charge in [0.1, 0.15) is 5.75 Å². The van der Waals surface area contributed by atoms with Gasteiger partial charge in [-0.25, -0.2) is 4.98 Å². The Bertz CT molecular complexity index is 989. The van der Waals surface area contributed by atoms with Crippen LogP contribution in [0, 0.1) is 0 Å². The van der Waals surface area contributed by atoms with Crippen LogP contribution >= 0.6 is 0 Å². The Morgan fingerprint density at radius 3 is 2.83 bits per heavy atom. The molecule has 0 saturated heterocycles. The standard InChI is InChI=1S/C18H17F3N6O2/c19-18(20,21)13-4-1-5-14(9-13)29-17-12(3-2-7-23-17)10-24-16(28)15-11-27(8-6-22)26-25-15/h1-5,7,9,11H,6,8,10,22H2,(H,24,28). The molecule has 3 aromatic rings. The number of hydrogen-bond acceptors (Lipinski definition) is 6. The van der Waals surface area contributed by atoms with E-state index in [1.54, 1.807) is 12.1 Å². The lowest BCUT2D eigenvalue weighted by atomic mass is 10.2. The van der Waals surface area contributed by atoms with Crippen molar-refractivity contribution in [3.05, 3.63) is 65.6 Å². The van der Waals surface area contributed by atoms with Crippen LogP contribution in [0.3, 0.4) is 0 Å². The number of nitrogens with two attached hydrogens (primary N) is 1. The number of rotatable bonds is 7. The van der Waals surface area contributed by atoms with Crippen molar-refractivity contribution in [1.29, 1.82) is 0 Å². The van der Waals surface area contributed by atoms with E-state index in [0.717, 1.165) is 12.1 Å². The smallest absolute Gasteiger partial charge is 0.416 e. The van der Waals surface area contributed by atoms with Gasteiger partial charge in [0.25, 0.3) is 5.91 Å². The van der Waals surface area contributed by atoms with Crippen molar-refractivity contribution in [2.75, 3.05) is 6.54 Å². The van der Waals surface area contributed by atoms with Gasteiger partial charge in [-0.15, -0.1) is 5.10 Å². The first-order valence-electron chi connectivity index (χ1n) is 8.54. The fourth-order valence-electron chi connectivity index (χ4n) is 2.41. The lowest BCUT2D eigenvalue weighted by molar-refractivity contribution is -0.137. The quantitative estimate of drug-likeness (QED) is 0.624. The van der Waals surface area contributed by atoms with Crippen molar-refractivity contribution >= 4 is 5.91 Å². The summed E-state index contributed by atoms with van der Waals surface area (Å²) in [7, 11) is 0. The molecule has 0 aliphatic heterocycles. The van der Waals surface area contributed by atoms with Crippen LogP contribution < -0.4 is 15.8 Å². The van der Waals surface area contributed by atoms with Crippen LogP contribution in [0.25, 0.3) is 0 Å². The van der Waals surface area contributed by atoms with E-state index in [1.807, 2.05) is 0 Å². The van der Waals surface area contributed by atoms with Crippen LogP contribution in [0.1, 0.15) is 21.6 Å². The van der Waals surface area contributed by atoms with Gasteiger partial charge in [-0.2, -0.15) is 13.2 Å². The second-order valence-electron chi connectivity index (χ2n) is 5.93. The molecule has 11 heteroatoms. The van der Waals surface area contributed by atoms with Crippen molar-refractivity contribution in [3.63, 3.8) is 0 Å². The molecule has 29 heavy (non-hydrogen) atoms. The number of ether oxygens (including phenoxy) is 1. The van der Waals surface area contributed by atoms with E-state index in [1.165, 1.54) is 29.2 Å². The first-order chi connectivity index (χ1) is 13.9. The second-order valence-corrected chi connectivity index (χ2v) is 5.93. The largest absolute Gasteiger partial charge is 0.439 e. The minimum Gasteiger partial charge on any atom is -0.439 e. The van der Waals surface area contributed by atoms with E-state index in [2.05, 4.69) is 20.6 Å². The predicted octanol–water partition coefficient (Wildman–Crippen LogP) is 2.37. The van der Waals surface area contributed by atoms with Crippen LogP contribution in [-0.4, -0.2) is 32.4 Å². The normalized spacial score (nSPS) is 11.3. The zero-order valence-corrected chi connectivity index (χ0v) is 15.1. The van der Waals surface area contributed by atoms with E-state index in [-0.39, 0.29) is 23.9 Å². The monoisotopic (exact) mass is 406 g/mol. The van der Waals surface area contributed by atoms with Gasteiger partial charge in [0, 0.05) is 24.8 Å². The Kier molecular flexibility index (Phi) is 6.07. The van der Waals surface area contributed by atoms with Crippen LogP contribution in [0.15, 0.2) is 48.8 Å². The number of pyridine rings is 1. The van der Waals surface area contributed by atoms with Crippen molar-refractivity contribution in [2.45, 2.75) is 19.3 Å². The summed E-state index contributed by atoms with van der Waals surface area (Å²) in [5.41, 5.74) is 5.18. The summed E-state index contributed by atoms with van der Waals surface area (Å²) in [6.07, 6.45) is -1.58. The average Bonchev–Trinajstić information content (AvgIpc) is 3.16. The van der Waals surface area contributed by atoms with Crippen molar-refractivity contribution in [3.8, 4) is 11.6 Å². The molecule has 0 aliphatic rings. The summed E-state index contributed by atoms with van der Waals surface area (Å²) >= 11 is 0. The van der Waals surface area contributed by atoms with Gasteiger partial charge < -0.3 is 15.8 Å². The molecule has 8 nitrogen and oxygen atoms in total. The summed E-state index contributed by atoms with van der Waals surface area (Å²) in [5, 5.41) is 10.2. The molecule has 3 rings (SSSR count). The number of benzene rings is 1. The molecule has 2 aromatic heterocycles. The average molecular weight is 406 g/mol. The number of hydrogen-bond donors (Lipinski definition) is 2. The molecule has 0 aliphatic carbocycles. The SMILES string of the molecule is NCCn1cc(C(=O)NCc2cccnc2Oc2cccc(C(F)(F)F)c2)nn1. The molecular formula is C18H17F3N6O2. The molecule has 0 fully saturated rings. The third-order valence-corrected chi connectivity index (χ3v) is 3.79. The third kappa shape index (κ3) is 5.29. The summed E-state index contributed by atoms with van der Waals surface area (Å²) in [4.78, 5) is 16.3. The first-order valence-corrected chi connectivity index (χ1v) is 8.54. The first kappa shape index (κ1) is 20.3. The number of carbonyl (C=O) groups excluding carboxylic acids is 1. The molecule has 0 bridgehead atoms. The van der Waals surface area contributed by atoms with E-state index in [0.29, 0.717) is 18.7 Å². The zero-order chi connectivity index (χ0) is 20.9. The van der Waals surface area contributed by atoms with Crippen LogP contribution in [0.5, 0.6) is 11.6 Å². The Morgan fingerprint density at radius 2 is 2.07 bits per heavy atom. The molecule has 0 unspecified atom stereocenters. The van der Waals surface area contributed by atoms with Crippen molar-refractivity contribution in [2.24, 2.45) is 5.73 Å². The lowest BCUT2D eigenvalue weighted by Crippen LogP contribution is -2.23. The minimum absolute atomic E-state index is 0.0178. The van der Waals surface area contributed by atoms with Gasteiger partial charge in [-0.1, -0.05) is 17.3 Å². The molecule has 0 saturated carbocycles. The number of aromatic nitrogens is 4. The molecular weight excluding hydrogens is 389 g/mol. The summed E-state index contributed by atoms with van der Waals surface area (Å²) < 4.78 is 45.6. The number of amides is 1.